The van der Waals surface area contributed by atoms with Gasteiger partial charge in [0.25, 0.3) is 17.4 Å². The van der Waals surface area contributed by atoms with E-state index in [-0.39, 0.29) is 51.5 Å². The van der Waals surface area contributed by atoms with E-state index in [1.807, 2.05) is 4.90 Å². The van der Waals surface area contributed by atoms with Gasteiger partial charge in [-0.1, -0.05) is 0 Å². The number of hydrogen-bond donors (Lipinski definition) is 3. The van der Waals surface area contributed by atoms with Gasteiger partial charge in [-0.2, -0.15) is 4.98 Å². The summed E-state index contributed by atoms with van der Waals surface area (Å²) in [6.45, 7) is 4.33. The number of aliphatic hydroxyl groups is 1. The molecule has 2 saturated carbocycles. The van der Waals surface area contributed by atoms with E-state index in [9.17, 15) is 37.5 Å². The normalized spacial score (nSPS) is 25.8. The van der Waals surface area contributed by atoms with Gasteiger partial charge in [-0.05, 0) is 127 Å². The second-order valence-corrected chi connectivity index (χ2v) is 20.8. The zero-order valence-corrected chi connectivity index (χ0v) is 35.7. The molecule has 3 atom stereocenters. The molecule has 18 heteroatoms. The fraction of sp³-hybridized carbons (Fsp3) is 0.489. The molecule has 4 aromatic rings. The van der Waals surface area contributed by atoms with Crippen molar-refractivity contribution in [1.29, 1.82) is 0 Å². The van der Waals surface area contributed by atoms with Crippen LogP contribution in [0.4, 0.5) is 21.7 Å². The Morgan fingerprint density at radius 1 is 0.873 bits per heavy atom. The summed E-state index contributed by atoms with van der Waals surface area (Å²) >= 11 is 0. The van der Waals surface area contributed by atoms with E-state index in [0.29, 0.717) is 74.6 Å². The number of aromatic nitrogens is 3. The molecule has 5 fully saturated rings. The standard InChI is InChI=1S/C45H49FN8O8S/c1-44(60)16-2-3-36(44)54-38(56)11-4-26-23-47-43(50-39(26)54)48-27-5-7-29(8-6-27)63(61,62)30-14-19-51(20-15-30)28-12-17-45(18-13-28)24-52(25-45)35-22-32-31(21-33(35)46)41(58)53(42(32)59)34-9-10-37(55)49-40(34)57/h4-8,11,21-23,28,30,34,36,60H,2-3,9-10,12-20,24-25H2,1H3,(H,47,48,50)(H,49,55,57)/t34?,36-,44-/m1/s1. The fourth-order valence-electron chi connectivity index (χ4n) is 11.1. The molecule has 16 nitrogen and oxygen atoms in total. The number of pyridine rings is 1. The van der Waals surface area contributed by atoms with Crippen molar-refractivity contribution in [2.75, 3.05) is 36.4 Å². The highest BCUT2D eigenvalue weighted by Gasteiger charge is 2.49. The van der Waals surface area contributed by atoms with Crippen LogP contribution in [0, 0.1) is 11.2 Å². The maximum atomic E-state index is 15.5. The van der Waals surface area contributed by atoms with Gasteiger partial charge in [0.2, 0.25) is 17.8 Å². The number of likely N-dealkylation sites (tertiary alicyclic amines) is 1. The molecule has 2 aromatic heterocycles. The van der Waals surface area contributed by atoms with Gasteiger partial charge in [0.1, 0.15) is 17.5 Å². The monoisotopic (exact) mass is 880 g/mol. The Balaban J connectivity index is 0.725. The summed E-state index contributed by atoms with van der Waals surface area (Å²) in [5.74, 6) is -2.93. The van der Waals surface area contributed by atoms with Crippen LogP contribution >= 0.6 is 0 Å². The second kappa shape index (κ2) is 15.3. The Bertz CT molecular complexity index is 2740. The molecule has 2 aromatic carbocycles. The first kappa shape index (κ1) is 41.4. The summed E-state index contributed by atoms with van der Waals surface area (Å²) in [7, 11) is -3.59. The third-order valence-corrected chi connectivity index (χ3v) is 16.9. The number of carbonyl (C=O) groups is 4. The lowest BCUT2D eigenvalue weighted by molar-refractivity contribution is -0.136. The average Bonchev–Trinajstić information content (AvgIpc) is 3.72. The molecule has 4 amide bonds. The van der Waals surface area contributed by atoms with Crippen molar-refractivity contribution in [3.8, 4) is 0 Å². The SMILES string of the molecule is C[C@@]1(O)CCC[C@H]1n1c(=O)ccc2cnc(Nc3ccc(S(=O)(=O)C4CCN(C5CCC6(CC5)CN(c5cc7c(cc5F)C(=O)N(C5CCC(=O)NC5=O)C7=O)C6)CC4)cc3)nc21. The molecule has 6 heterocycles. The molecule has 1 unspecified atom stereocenters. The quantitative estimate of drug-likeness (QED) is 0.212. The number of rotatable bonds is 8. The maximum Gasteiger partial charge on any atom is 0.262 e. The molecule has 10 rings (SSSR count). The summed E-state index contributed by atoms with van der Waals surface area (Å²) < 4.78 is 44.7. The Morgan fingerprint density at radius 3 is 2.24 bits per heavy atom. The Hall–Kier alpha value is -5.59. The number of halogens is 1. The summed E-state index contributed by atoms with van der Waals surface area (Å²) in [6, 6.07) is 11.0. The van der Waals surface area contributed by atoms with Crippen LogP contribution in [0.25, 0.3) is 11.0 Å². The first-order valence-corrected chi connectivity index (χ1v) is 23.4. The predicted molar refractivity (Wildman–Crippen MR) is 229 cm³/mol. The van der Waals surface area contributed by atoms with Crippen molar-refractivity contribution in [2.24, 2.45) is 5.41 Å². The van der Waals surface area contributed by atoms with Crippen molar-refractivity contribution in [3.63, 3.8) is 0 Å². The van der Waals surface area contributed by atoms with Crippen molar-refractivity contribution in [2.45, 2.75) is 111 Å². The van der Waals surface area contributed by atoms with Gasteiger partial charge in [-0.15, -0.1) is 0 Å². The lowest BCUT2D eigenvalue weighted by atomic mass is 9.67. The number of carbonyl (C=O) groups excluding carboxylic acids is 4. The van der Waals surface area contributed by atoms with Crippen LogP contribution < -0.4 is 21.1 Å². The Kier molecular flexibility index (Phi) is 10.1. The smallest absolute Gasteiger partial charge is 0.262 e. The van der Waals surface area contributed by atoms with Crippen molar-refractivity contribution in [1.82, 2.24) is 29.7 Å². The summed E-state index contributed by atoms with van der Waals surface area (Å²) in [4.78, 5) is 78.1. The molecule has 330 valence electrons. The molecule has 63 heavy (non-hydrogen) atoms. The zero-order valence-electron chi connectivity index (χ0n) is 34.9. The number of nitrogens with zero attached hydrogens (tertiary/aromatic N) is 6. The van der Waals surface area contributed by atoms with E-state index in [0.717, 1.165) is 43.1 Å². The molecule has 3 saturated heterocycles. The van der Waals surface area contributed by atoms with Gasteiger partial charge < -0.3 is 20.2 Å². The topological polar surface area (TPSA) is 204 Å². The van der Waals surface area contributed by atoms with Gasteiger partial charge in [0, 0.05) is 54.3 Å². The molecular formula is C45H49FN8O8S. The number of piperidine rings is 2. The van der Waals surface area contributed by atoms with Gasteiger partial charge >= 0.3 is 0 Å². The lowest BCUT2D eigenvalue weighted by Gasteiger charge is -2.55. The van der Waals surface area contributed by atoms with Crippen molar-refractivity contribution in [3.05, 3.63) is 82.0 Å². The minimum Gasteiger partial charge on any atom is -0.388 e. The average molecular weight is 881 g/mol. The van der Waals surface area contributed by atoms with E-state index in [2.05, 4.69) is 25.5 Å². The van der Waals surface area contributed by atoms with E-state index < -0.39 is 62.2 Å². The van der Waals surface area contributed by atoms with Gasteiger partial charge in [-0.25, -0.2) is 17.8 Å². The molecular weight excluding hydrogens is 832 g/mol. The number of nitrogens with one attached hydrogen (secondary N) is 2. The molecule has 2 aliphatic carbocycles. The Morgan fingerprint density at radius 2 is 1.57 bits per heavy atom. The summed E-state index contributed by atoms with van der Waals surface area (Å²) in [6.07, 6.45) is 8.52. The molecule has 0 bridgehead atoms. The lowest BCUT2D eigenvalue weighted by Crippen LogP contribution is -2.59. The fourth-order valence-corrected chi connectivity index (χ4v) is 12.8. The summed E-state index contributed by atoms with van der Waals surface area (Å²) in [5, 5.41) is 16.5. The molecule has 4 aliphatic heterocycles. The van der Waals surface area contributed by atoms with Crippen molar-refractivity contribution >= 4 is 61.8 Å². The highest BCUT2D eigenvalue weighted by molar-refractivity contribution is 7.92. The third-order valence-electron chi connectivity index (χ3n) is 14.6. The van der Waals surface area contributed by atoms with E-state index in [4.69, 9.17) is 0 Å². The van der Waals surface area contributed by atoms with Gasteiger partial charge in [0.05, 0.1) is 38.6 Å². The van der Waals surface area contributed by atoms with Crippen LogP contribution in [-0.2, 0) is 19.4 Å². The minimum absolute atomic E-state index is 0.00265. The first-order chi connectivity index (χ1) is 30.1. The van der Waals surface area contributed by atoms with Crippen LogP contribution in [0.15, 0.2) is 64.4 Å². The minimum atomic E-state index is -3.59. The van der Waals surface area contributed by atoms with Gasteiger partial charge in [-0.3, -0.25) is 38.8 Å². The number of sulfone groups is 1. The number of benzene rings is 2. The highest BCUT2D eigenvalue weighted by Crippen LogP contribution is 2.48. The van der Waals surface area contributed by atoms with E-state index in [1.54, 1.807) is 48.0 Å². The summed E-state index contributed by atoms with van der Waals surface area (Å²) in [5.41, 5.74) is -0.0265. The number of amides is 4. The van der Waals surface area contributed by atoms with Crippen LogP contribution in [0.1, 0.15) is 104 Å². The van der Waals surface area contributed by atoms with Crippen LogP contribution in [0.2, 0.25) is 0 Å². The van der Waals surface area contributed by atoms with Gasteiger partial charge in [0.15, 0.2) is 9.84 Å². The predicted octanol–water partition coefficient (Wildman–Crippen LogP) is 4.24. The number of anilines is 3. The van der Waals surface area contributed by atoms with E-state index in [1.165, 1.54) is 12.1 Å². The van der Waals surface area contributed by atoms with Crippen LogP contribution in [-0.4, -0.2) is 111 Å². The molecule has 6 aliphatic rings. The zero-order chi connectivity index (χ0) is 44.0. The number of fused-ring (bicyclic) bond motifs is 2. The largest absolute Gasteiger partial charge is 0.388 e. The van der Waals surface area contributed by atoms with Crippen LogP contribution in [0.5, 0.6) is 0 Å². The van der Waals surface area contributed by atoms with Crippen LogP contribution in [0.3, 0.4) is 0 Å². The van der Waals surface area contributed by atoms with Crippen molar-refractivity contribution < 1.29 is 37.1 Å². The molecule has 1 spiro atoms. The highest BCUT2D eigenvalue weighted by atomic mass is 32.2. The maximum absolute atomic E-state index is 15.5. The molecule has 3 N–H and O–H groups in total. The number of hydrogen-bond acceptors (Lipinski definition) is 13. The van der Waals surface area contributed by atoms with E-state index >= 15 is 4.39 Å². The third kappa shape index (κ3) is 7.19. The Labute approximate surface area is 362 Å². The number of imide groups is 2. The second-order valence-electron chi connectivity index (χ2n) is 18.6. The molecule has 0 radical (unpaired) electrons. The first-order valence-electron chi connectivity index (χ1n) is 21.9.